The van der Waals surface area contributed by atoms with Gasteiger partial charge in [0, 0.05) is 23.9 Å². The fourth-order valence-corrected chi connectivity index (χ4v) is 4.25. The first-order chi connectivity index (χ1) is 12.1. The van der Waals surface area contributed by atoms with E-state index in [1.807, 2.05) is 6.07 Å². The number of nitrogens with one attached hydrogen (secondary N) is 2. The number of hydrogen-bond donors (Lipinski definition) is 2. The lowest BCUT2D eigenvalue weighted by molar-refractivity contribution is -0.128. The molecule has 25 heavy (non-hydrogen) atoms. The van der Waals surface area contributed by atoms with E-state index in [2.05, 4.69) is 35.8 Å². The lowest BCUT2D eigenvalue weighted by Gasteiger charge is -2.29. The minimum Gasteiger partial charge on any atom is -0.353 e. The van der Waals surface area contributed by atoms with Gasteiger partial charge in [0.25, 0.3) is 0 Å². The molecule has 3 aliphatic rings. The lowest BCUT2D eigenvalue weighted by Crippen LogP contribution is -2.43. The molecule has 4 atom stereocenters. The molecule has 1 aromatic carbocycles. The maximum Gasteiger partial charge on any atom is 0.223 e. The summed E-state index contributed by atoms with van der Waals surface area (Å²) in [6.45, 7) is 2.12. The fourth-order valence-electron chi connectivity index (χ4n) is 4.25. The molecule has 134 valence electrons. The van der Waals surface area contributed by atoms with Crippen LogP contribution in [0.3, 0.4) is 0 Å². The van der Waals surface area contributed by atoms with E-state index in [0.717, 1.165) is 44.9 Å². The van der Waals surface area contributed by atoms with Crippen molar-refractivity contribution in [2.75, 3.05) is 0 Å². The molecule has 0 aliphatic heterocycles. The Morgan fingerprint density at radius 1 is 0.920 bits per heavy atom. The van der Waals surface area contributed by atoms with Gasteiger partial charge in [0.15, 0.2) is 0 Å². The first-order valence-corrected chi connectivity index (χ1v) is 9.78. The highest BCUT2D eigenvalue weighted by atomic mass is 16.2. The summed E-state index contributed by atoms with van der Waals surface area (Å²) < 4.78 is 0. The molecule has 0 bridgehead atoms. The van der Waals surface area contributed by atoms with Crippen LogP contribution in [0.5, 0.6) is 0 Å². The molecule has 3 aliphatic carbocycles. The van der Waals surface area contributed by atoms with Crippen molar-refractivity contribution in [1.29, 1.82) is 0 Å². The zero-order valence-corrected chi connectivity index (χ0v) is 15.0. The third-order valence-electron chi connectivity index (χ3n) is 6.03. The van der Waals surface area contributed by atoms with Gasteiger partial charge in [-0.15, -0.1) is 0 Å². The minimum absolute atomic E-state index is 0.0750. The standard InChI is InChI=1S/C21H28N2O2/c1-13-5-2-3-8-17(13)18-12-19(18)21(25)23-16-7-4-6-14(11-16)20(24)22-15-9-10-15/h2-3,5,8,14-16,18-19H,4,6-7,9-12H2,1H3,(H,22,24)(H,23,25)/t14-,16+,18-,19-/m0/s1. The molecule has 2 N–H and O–H groups in total. The number of hydrogen-bond acceptors (Lipinski definition) is 2. The van der Waals surface area contributed by atoms with Crippen molar-refractivity contribution in [3.8, 4) is 0 Å². The summed E-state index contributed by atoms with van der Waals surface area (Å²) in [5.41, 5.74) is 2.59. The summed E-state index contributed by atoms with van der Waals surface area (Å²) >= 11 is 0. The number of aryl methyl sites for hydroxylation is 1. The van der Waals surface area contributed by atoms with E-state index in [4.69, 9.17) is 0 Å². The largest absolute Gasteiger partial charge is 0.353 e. The molecule has 0 spiro atoms. The van der Waals surface area contributed by atoms with E-state index in [0.29, 0.717) is 12.0 Å². The molecule has 3 saturated carbocycles. The Morgan fingerprint density at radius 3 is 2.44 bits per heavy atom. The van der Waals surface area contributed by atoms with Crippen molar-refractivity contribution >= 4 is 11.8 Å². The van der Waals surface area contributed by atoms with Crippen molar-refractivity contribution in [3.63, 3.8) is 0 Å². The molecule has 4 nitrogen and oxygen atoms in total. The van der Waals surface area contributed by atoms with E-state index in [1.165, 1.54) is 11.1 Å². The highest BCUT2D eigenvalue weighted by molar-refractivity contribution is 5.83. The van der Waals surface area contributed by atoms with Gasteiger partial charge < -0.3 is 10.6 Å². The van der Waals surface area contributed by atoms with Crippen molar-refractivity contribution in [2.24, 2.45) is 11.8 Å². The van der Waals surface area contributed by atoms with Crippen LogP contribution < -0.4 is 10.6 Å². The molecule has 4 heteroatoms. The van der Waals surface area contributed by atoms with Gasteiger partial charge in [0.2, 0.25) is 11.8 Å². The summed E-state index contributed by atoms with van der Waals surface area (Å²) in [6, 6.07) is 8.95. The van der Waals surface area contributed by atoms with E-state index in [1.54, 1.807) is 0 Å². The van der Waals surface area contributed by atoms with Crippen LogP contribution in [0.4, 0.5) is 0 Å². The lowest BCUT2D eigenvalue weighted by atomic mass is 9.85. The van der Waals surface area contributed by atoms with Crippen LogP contribution in [0.25, 0.3) is 0 Å². The third kappa shape index (κ3) is 3.88. The van der Waals surface area contributed by atoms with Gasteiger partial charge in [-0.3, -0.25) is 9.59 Å². The highest BCUT2D eigenvalue weighted by Gasteiger charge is 2.45. The number of carbonyl (C=O) groups excluding carboxylic acids is 2. The molecule has 0 radical (unpaired) electrons. The Kier molecular flexibility index (Phi) is 4.53. The van der Waals surface area contributed by atoms with Crippen molar-refractivity contribution in [3.05, 3.63) is 35.4 Å². The van der Waals surface area contributed by atoms with E-state index < -0.39 is 0 Å². The van der Waals surface area contributed by atoms with Crippen molar-refractivity contribution < 1.29 is 9.59 Å². The summed E-state index contributed by atoms with van der Waals surface area (Å²) in [5, 5.41) is 6.35. The Labute approximate surface area is 149 Å². The number of amides is 2. The minimum atomic E-state index is 0.0750. The van der Waals surface area contributed by atoms with Crippen molar-refractivity contribution in [1.82, 2.24) is 10.6 Å². The van der Waals surface area contributed by atoms with Gasteiger partial charge >= 0.3 is 0 Å². The monoisotopic (exact) mass is 340 g/mol. The molecule has 0 saturated heterocycles. The van der Waals surface area contributed by atoms with Crippen LogP contribution in [0.1, 0.15) is 62.0 Å². The third-order valence-corrected chi connectivity index (χ3v) is 6.03. The van der Waals surface area contributed by atoms with Gasteiger partial charge in [-0.2, -0.15) is 0 Å². The van der Waals surface area contributed by atoms with Crippen LogP contribution >= 0.6 is 0 Å². The molecule has 1 aromatic rings. The van der Waals surface area contributed by atoms with Gasteiger partial charge in [-0.05, 0) is 62.5 Å². The Hall–Kier alpha value is -1.84. The fraction of sp³-hybridized carbons (Fsp3) is 0.619. The van der Waals surface area contributed by atoms with Crippen LogP contribution in [0, 0.1) is 18.8 Å². The highest BCUT2D eigenvalue weighted by Crippen LogP contribution is 2.48. The summed E-state index contributed by atoms with van der Waals surface area (Å²) in [6.07, 6.45) is 6.99. The molecular weight excluding hydrogens is 312 g/mol. The molecule has 0 unspecified atom stereocenters. The van der Waals surface area contributed by atoms with Gasteiger partial charge in [-0.25, -0.2) is 0 Å². The van der Waals surface area contributed by atoms with Gasteiger partial charge in [0.1, 0.15) is 0 Å². The van der Waals surface area contributed by atoms with Crippen LogP contribution in [0.15, 0.2) is 24.3 Å². The SMILES string of the molecule is Cc1ccccc1[C@@H]1C[C@@H]1C(=O)N[C@@H]1CCC[C@H](C(=O)NC2CC2)C1. The maximum absolute atomic E-state index is 12.6. The van der Waals surface area contributed by atoms with E-state index in [-0.39, 0.29) is 29.7 Å². The zero-order chi connectivity index (χ0) is 17.4. The summed E-state index contributed by atoms with van der Waals surface area (Å²) in [7, 11) is 0. The number of rotatable bonds is 5. The first-order valence-electron chi connectivity index (χ1n) is 9.78. The molecule has 4 rings (SSSR count). The van der Waals surface area contributed by atoms with E-state index >= 15 is 0 Å². The topological polar surface area (TPSA) is 58.2 Å². The van der Waals surface area contributed by atoms with Crippen molar-refractivity contribution in [2.45, 2.75) is 69.9 Å². The summed E-state index contributed by atoms with van der Waals surface area (Å²) in [4.78, 5) is 24.9. The molecule has 0 aromatic heterocycles. The smallest absolute Gasteiger partial charge is 0.223 e. The van der Waals surface area contributed by atoms with Crippen LogP contribution in [-0.4, -0.2) is 23.9 Å². The second kappa shape index (κ2) is 6.81. The maximum atomic E-state index is 12.6. The number of carbonyl (C=O) groups is 2. The predicted octanol–water partition coefficient (Wildman–Crippen LogP) is 3.05. The molecule has 0 heterocycles. The quantitative estimate of drug-likeness (QED) is 0.865. The normalized spacial score (nSPS) is 31.2. The molecule has 3 fully saturated rings. The second-order valence-corrected chi connectivity index (χ2v) is 8.16. The Morgan fingerprint density at radius 2 is 1.68 bits per heavy atom. The average molecular weight is 340 g/mol. The first kappa shape index (κ1) is 16.6. The Bertz CT molecular complexity index is 668. The predicted molar refractivity (Wildman–Crippen MR) is 97.1 cm³/mol. The molecule has 2 amide bonds. The van der Waals surface area contributed by atoms with Crippen LogP contribution in [0.2, 0.25) is 0 Å². The average Bonchev–Trinajstić information content (AvgIpc) is 3.50. The number of benzene rings is 1. The van der Waals surface area contributed by atoms with Gasteiger partial charge in [-0.1, -0.05) is 30.7 Å². The van der Waals surface area contributed by atoms with E-state index in [9.17, 15) is 9.59 Å². The zero-order valence-electron chi connectivity index (χ0n) is 15.0. The Balaban J connectivity index is 1.29. The molecular formula is C21H28N2O2. The summed E-state index contributed by atoms with van der Waals surface area (Å²) in [5.74, 6) is 0.943. The van der Waals surface area contributed by atoms with Gasteiger partial charge in [0.05, 0.1) is 0 Å². The second-order valence-electron chi connectivity index (χ2n) is 8.16. The van der Waals surface area contributed by atoms with Crippen LogP contribution in [-0.2, 0) is 9.59 Å².